The number of aldehydes is 1. The van der Waals surface area contributed by atoms with Crippen molar-refractivity contribution in [1.82, 2.24) is 9.55 Å². The van der Waals surface area contributed by atoms with Gasteiger partial charge in [-0.25, -0.2) is 4.98 Å². The zero-order valence-electron chi connectivity index (χ0n) is 6.32. The third-order valence-electron chi connectivity index (χ3n) is 0.845. The van der Waals surface area contributed by atoms with Gasteiger partial charge in [-0.15, -0.1) is 0 Å². The fourth-order valence-electron chi connectivity index (χ4n) is 0.481. The van der Waals surface area contributed by atoms with Crippen LogP contribution in [-0.2, 0) is 11.3 Å². The van der Waals surface area contributed by atoms with Gasteiger partial charge < -0.3 is 10.8 Å². The van der Waals surface area contributed by atoms with Gasteiger partial charge in [-0.3, -0.25) is 0 Å². The standard InChI is InChI=1S/C5H6N2O.Na.H/c8-4-3-7-2-1-6-5-7;;/h1-2,4-5H,3H2;;/q;+1;-1. The Balaban J connectivity index is 0. The van der Waals surface area contributed by atoms with E-state index in [4.69, 9.17) is 0 Å². The zero-order chi connectivity index (χ0) is 5.82. The number of carbonyl (C=O) groups excluding carboxylic acids is 1. The molecule has 1 aromatic heterocycles. The third-order valence-corrected chi connectivity index (χ3v) is 0.845. The van der Waals surface area contributed by atoms with E-state index in [1.165, 1.54) is 0 Å². The summed E-state index contributed by atoms with van der Waals surface area (Å²) in [4.78, 5) is 13.6. The number of carbonyl (C=O) groups is 1. The molecule has 1 heterocycles. The molecule has 0 unspecified atom stereocenters. The van der Waals surface area contributed by atoms with Gasteiger partial charge in [0.15, 0.2) is 0 Å². The minimum Gasteiger partial charge on any atom is -1.00 e. The minimum atomic E-state index is 0. The Morgan fingerprint density at radius 2 is 2.56 bits per heavy atom. The van der Waals surface area contributed by atoms with Gasteiger partial charge in [-0.2, -0.15) is 0 Å². The third kappa shape index (κ3) is 2.79. The Bertz CT molecular complexity index is 166. The number of aromatic nitrogens is 2. The van der Waals surface area contributed by atoms with E-state index in [-0.39, 0.29) is 31.0 Å². The molecule has 0 aliphatic rings. The van der Waals surface area contributed by atoms with Gasteiger partial charge in [0.25, 0.3) is 0 Å². The molecule has 3 nitrogen and oxygen atoms in total. The van der Waals surface area contributed by atoms with Gasteiger partial charge in [0.05, 0.1) is 12.9 Å². The van der Waals surface area contributed by atoms with E-state index in [0.29, 0.717) is 6.54 Å². The van der Waals surface area contributed by atoms with Gasteiger partial charge in [0.1, 0.15) is 6.29 Å². The summed E-state index contributed by atoms with van der Waals surface area (Å²) in [5, 5.41) is 0. The minimum absolute atomic E-state index is 0. The number of nitrogens with zero attached hydrogens (tertiary/aromatic N) is 2. The Morgan fingerprint density at radius 1 is 1.78 bits per heavy atom. The van der Waals surface area contributed by atoms with Crippen molar-refractivity contribution in [2.75, 3.05) is 0 Å². The first-order chi connectivity index (χ1) is 3.93. The molecule has 0 amide bonds. The molecule has 9 heavy (non-hydrogen) atoms. The molecule has 44 valence electrons. The summed E-state index contributed by atoms with van der Waals surface area (Å²) >= 11 is 0. The van der Waals surface area contributed by atoms with Crippen molar-refractivity contribution in [2.45, 2.75) is 6.54 Å². The first kappa shape index (κ1) is 8.88. The quantitative estimate of drug-likeness (QED) is 0.323. The van der Waals surface area contributed by atoms with Gasteiger partial charge in [-0.05, 0) is 0 Å². The first-order valence-electron chi connectivity index (χ1n) is 2.33. The summed E-state index contributed by atoms with van der Waals surface area (Å²) in [5.74, 6) is 0. The van der Waals surface area contributed by atoms with Crippen molar-refractivity contribution < 1.29 is 35.8 Å². The Labute approximate surface area is 76.9 Å². The van der Waals surface area contributed by atoms with Crippen molar-refractivity contribution in [3.05, 3.63) is 18.7 Å². The van der Waals surface area contributed by atoms with E-state index in [1.54, 1.807) is 23.3 Å². The maximum absolute atomic E-state index is 9.82. The molecule has 0 N–H and O–H groups in total. The molecule has 0 saturated heterocycles. The van der Waals surface area contributed by atoms with E-state index in [9.17, 15) is 4.79 Å². The van der Waals surface area contributed by atoms with Crippen LogP contribution < -0.4 is 29.6 Å². The summed E-state index contributed by atoms with van der Waals surface area (Å²) in [7, 11) is 0. The molecule has 0 aliphatic heterocycles. The fraction of sp³-hybridized carbons (Fsp3) is 0.200. The van der Waals surface area contributed by atoms with Crippen molar-refractivity contribution >= 4 is 6.29 Å². The molecule has 0 atom stereocenters. The van der Waals surface area contributed by atoms with Crippen LogP contribution in [0.15, 0.2) is 18.7 Å². The second-order valence-corrected chi connectivity index (χ2v) is 1.43. The molecular formula is C5H7N2NaO. The predicted octanol–water partition coefficient (Wildman–Crippen LogP) is -2.80. The maximum atomic E-state index is 9.82. The summed E-state index contributed by atoms with van der Waals surface area (Å²) in [5.41, 5.74) is 0. The summed E-state index contributed by atoms with van der Waals surface area (Å²) in [6.45, 7) is 0.403. The monoisotopic (exact) mass is 134 g/mol. The first-order valence-corrected chi connectivity index (χ1v) is 2.33. The van der Waals surface area contributed by atoms with Crippen LogP contribution in [0.2, 0.25) is 0 Å². The van der Waals surface area contributed by atoms with Crippen LogP contribution in [0.4, 0.5) is 0 Å². The van der Waals surface area contributed by atoms with Crippen LogP contribution in [0, 0.1) is 0 Å². The van der Waals surface area contributed by atoms with Crippen LogP contribution in [0.1, 0.15) is 1.43 Å². The van der Waals surface area contributed by atoms with Crippen LogP contribution in [0.3, 0.4) is 0 Å². The number of rotatable bonds is 2. The zero-order valence-corrected chi connectivity index (χ0v) is 7.32. The van der Waals surface area contributed by atoms with Crippen LogP contribution in [0.5, 0.6) is 0 Å². The molecule has 0 aliphatic carbocycles. The average molecular weight is 134 g/mol. The van der Waals surface area contributed by atoms with E-state index in [2.05, 4.69) is 4.98 Å². The smallest absolute Gasteiger partial charge is 1.00 e. The second kappa shape index (κ2) is 4.73. The Hall–Kier alpha value is -0.120. The topological polar surface area (TPSA) is 34.9 Å². The van der Waals surface area contributed by atoms with E-state index < -0.39 is 0 Å². The molecule has 1 rings (SSSR count). The molecule has 0 spiro atoms. The van der Waals surface area contributed by atoms with Crippen molar-refractivity contribution in [2.24, 2.45) is 0 Å². The van der Waals surface area contributed by atoms with Gasteiger partial charge in [-0.1, -0.05) is 0 Å². The van der Waals surface area contributed by atoms with Crippen molar-refractivity contribution in [1.29, 1.82) is 0 Å². The van der Waals surface area contributed by atoms with Gasteiger partial charge in [0.2, 0.25) is 0 Å². The predicted molar refractivity (Wildman–Crippen MR) is 29.4 cm³/mol. The van der Waals surface area contributed by atoms with E-state index >= 15 is 0 Å². The molecule has 4 heteroatoms. The number of hydrogen-bond acceptors (Lipinski definition) is 2. The normalized spacial score (nSPS) is 8.00. The van der Waals surface area contributed by atoms with Gasteiger partial charge >= 0.3 is 29.6 Å². The van der Waals surface area contributed by atoms with Crippen molar-refractivity contribution in [3.63, 3.8) is 0 Å². The largest absolute Gasteiger partial charge is 1.00 e. The molecular weight excluding hydrogens is 127 g/mol. The number of hydrogen-bond donors (Lipinski definition) is 0. The van der Waals surface area contributed by atoms with Gasteiger partial charge in [0, 0.05) is 12.4 Å². The van der Waals surface area contributed by atoms with Crippen LogP contribution in [-0.4, -0.2) is 15.8 Å². The Kier molecular flexibility index (Phi) is 4.67. The molecule has 1 aromatic rings. The maximum Gasteiger partial charge on any atom is 1.00 e. The summed E-state index contributed by atoms with van der Waals surface area (Å²) < 4.78 is 1.70. The second-order valence-electron chi connectivity index (χ2n) is 1.43. The van der Waals surface area contributed by atoms with E-state index in [0.717, 1.165) is 6.29 Å². The molecule has 0 bridgehead atoms. The number of imidazole rings is 1. The molecule has 0 radical (unpaired) electrons. The van der Waals surface area contributed by atoms with Crippen LogP contribution >= 0.6 is 0 Å². The molecule has 0 saturated carbocycles. The Morgan fingerprint density at radius 3 is 3.00 bits per heavy atom. The van der Waals surface area contributed by atoms with Crippen molar-refractivity contribution in [3.8, 4) is 0 Å². The SMILES string of the molecule is O=CCn1ccnc1.[H-].[Na+]. The molecule has 0 fully saturated rings. The summed E-state index contributed by atoms with van der Waals surface area (Å²) in [6, 6.07) is 0. The average Bonchev–Trinajstić information content (AvgIpc) is 2.19. The van der Waals surface area contributed by atoms with E-state index in [1.807, 2.05) is 0 Å². The molecule has 0 aromatic carbocycles. The van der Waals surface area contributed by atoms with Crippen LogP contribution in [0.25, 0.3) is 0 Å². The fourth-order valence-corrected chi connectivity index (χ4v) is 0.481. The summed E-state index contributed by atoms with van der Waals surface area (Å²) in [6.07, 6.45) is 5.83.